The highest BCUT2D eigenvalue weighted by Crippen LogP contribution is 2.30. The van der Waals surface area contributed by atoms with Crippen LogP contribution in [0.3, 0.4) is 0 Å². The zero-order valence-corrected chi connectivity index (χ0v) is 11.2. The summed E-state index contributed by atoms with van der Waals surface area (Å²) in [4.78, 5) is 4.63. The van der Waals surface area contributed by atoms with Crippen LogP contribution in [0.15, 0.2) is 24.3 Å². The van der Waals surface area contributed by atoms with Crippen LogP contribution in [0, 0.1) is 5.92 Å². The molecule has 0 saturated heterocycles. The van der Waals surface area contributed by atoms with Crippen molar-refractivity contribution in [3.63, 3.8) is 0 Å². The lowest BCUT2D eigenvalue weighted by atomic mass is 9.86. The van der Waals surface area contributed by atoms with Crippen molar-refractivity contribution in [1.29, 1.82) is 0 Å². The van der Waals surface area contributed by atoms with E-state index >= 15 is 0 Å². The van der Waals surface area contributed by atoms with Crippen LogP contribution < -0.4 is 11.1 Å². The fraction of sp³-hybridized carbons (Fsp3) is 0.500. The molecule has 0 unspecified atom stereocenters. The van der Waals surface area contributed by atoms with E-state index in [-0.39, 0.29) is 0 Å². The fourth-order valence-electron chi connectivity index (χ4n) is 2.65. The zero-order chi connectivity index (χ0) is 12.4. The Morgan fingerprint density at radius 2 is 2.00 bits per heavy atom. The number of para-hydroxylation sites is 1. The van der Waals surface area contributed by atoms with Gasteiger partial charge in [-0.25, -0.2) is 4.98 Å². The van der Waals surface area contributed by atoms with E-state index in [1.54, 1.807) is 11.3 Å². The first-order valence-electron chi connectivity index (χ1n) is 6.67. The second-order valence-corrected chi connectivity index (χ2v) is 6.12. The predicted octanol–water partition coefficient (Wildman–Crippen LogP) is 3.23. The summed E-state index contributed by atoms with van der Waals surface area (Å²) in [7, 11) is 0. The van der Waals surface area contributed by atoms with Gasteiger partial charge in [0.1, 0.15) is 0 Å². The Bertz CT molecular complexity index is 481. The lowest BCUT2D eigenvalue weighted by Crippen LogP contribution is -2.28. The van der Waals surface area contributed by atoms with E-state index in [1.807, 2.05) is 6.07 Å². The Hall–Kier alpha value is -1.13. The molecule has 0 amide bonds. The standard InChI is InChI=1S/C14H19N3S/c15-9-10-5-7-11(8-6-10)16-14-17-12-3-1-2-4-13(12)18-14/h1-4,10-11H,5-9,15H2,(H,16,17). The molecule has 96 valence electrons. The van der Waals surface area contributed by atoms with Gasteiger partial charge in [0.25, 0.3) is 0 Å². The van der Waals surface area contributed by atoms with Crippen molar-refractivity contribution in [2.75, 3.05) is 11.9 Å². The first-order valence-corrected chi connectivity index (χ1v) is 7.49. The molecule has 0 spiro atoms. The van der Waals surface area contributed by atoms with Crippen molar-refractivity contribution < 1.29 is 0 Å². The van der Waals surface area contributed by atoms with E-state index < -0.39 is 0 Å². The maximum Gasteiger partial charge on any atom is 0.184 e. The van der Waals surface area contributed by atoms with Gasteiger partial charge in [0.2, 0.25) is 0 Å². The molecule has 3 rings (SSSR count). The number of nitrogens with two attached hydrogens (primary N) is 1. The number of fused-ring (bicyclic) bond motifs is 1. The summed E-state index contributed by atoms with van der Waals surface area (Å²) in [6.07, 6.45) is 4.94. The molecule has 0 radical (unpaired) electrons. The highest BCUT2D eigenvalue weighted by Gasteiger charge is 2.20. The van der Waals surface area contributed by atoms with E-state index in [9.17, 15) is 0 Å². The molecule has 1 aliphatic rings. The molecule has 2 aromatic rings. The summed E-state index contributed by atoms with van der Waals surface area (Å²) in [5.74, 6) is 0.735. The largest absolute Gasteiger partial charge is 0.359 e. The van der Waals surface area contributed by atoms with E-state index in [4.69, 9.17) is 5.73 Å². The number of anilines is 1. The van der Waals surface area contributed by atoms with Gasteiger partial charge in [-0.2, -0.15) is 0 Å². The molecular formula is C14H19N3S. The quantitative estimate of drug-likeness (QED) is 0.892. The third-order valence-electron chi connectivity index (χ3n) is 3.80. The molecule has 1 fully saturated rings. The van der Waals surface area contributed by atoms with Crippen molar-refractivity contribution in [3.8, 4) is 0 Å². The van der Waals surface area contributed by atoms with Gasteiger partial charge in [-0.3, -0.25) is 0 Å². The first kappa shape index (κ1) is 11.9. The van der Waals surface area contributed by atoms with Gasteiger partial charge < -0.3 is 11.1 Å². The molecule has 1 aromatic heterocycles. The third-order valence-corrected chi connectivity index (χ3v) is 4.77. The lowest BCUT2D eigenvalue weighted by Gasteiger charge is -2.28. The Morgan fingerprint density at radius 1 is 1.22 bits per heavy atom. The van der Waals surface area contributed by atoms with Crippen molar-refractivity contribution in [3.05, 3.63) is 24.3 Å². The second kappa shape index (κ2) is 5.24. The number of nitrogens with one attached hydrogen (secondary N) is 1. The third kappa shape index (κ3) is 2.49. The minimum atomic E-state index is 0.577. The molecule has 0 bridgehead atoms. The molecule has 3 nitrogen and oxygen atoms in total. The molecule has 18 heavy (non-hydrogen) atoms. The van der Waals surface area contributed by atoms with Crippen LogP contribution >= 0.6 is 11.3 Å². The SMILES string of the molecule is NCC1CCC(Nc2nc3ccccc3s2)CC1. The van der Waals surface area contributed by atoms with Gasteiger partial charge in [0.15, 0.2) is 5.13 Å². The molecule has 0 atom stereocenters. The van der Waals surface area contributed by atoms with Gasteiger partial charge >= 0.3 is 0 Å². The van der Waals surface area contributed by atoms with Crippen LogP contribution in [0.25, 0.3) is 10.2 Å². The summed E-state index contributed by atoms with van der Waals surface area (Å²) in [6.45, 7) is 0.841. The van der Waals surface area contributed by atoms with Crippen molar-refractivity contribution in [1.82, 2.24) is 4.98 Å². The van der Waals surface area contributed by atoms with Gasteiger partial charge in [-0.05, 0) is 50.3 Å². The van der Waals surface area contributed by atoms with Crippen LogP contribution in [0.1, 0.15) is 25.7 Å². The molecule has 0 aliphatic heterocycles. The van der Waals surface area contributed by atoms with Crippen molar-refractivity contribution >= 4 is 26.7 Å². The Kier molecular flexibility index (Phi) is 3.48. The molecule has 1 aromatic carbocycles. The van der Waals surface area contributed by atoms with Gasteiger partial charge in [0, 0.05) is 6.04 Å². The topological polar surface area (TPSA) is 50.9 Å². The minimum absolute atomic E-state index is 0.577. The minimum Gasteiger partial charge on any atom is -0.359 e. The van der Waals surface area contributed by atoms with Crippen LogP contribution in [-0.4, -0.2) is 17.6 Å². The molecule has 3 N–H and O–H groups in total. The summed E-state index contributed by atoms with van der Waals surface area (Å²) in [5.41, 5.74) is 6.82. The summed E-state index contributed by atoms with van der Waals surface area (Å²) < 4.78 is 1.26. The first-order chi connectivity index (χ1) is 8.85. The summed E-state index contributed by atoms with van der Waals surface area (Å²) in [5, 5.41) is 4.64. The molecule has 4 heteroatoms. The Morgan fingerprint density at radius 3 is 2.72 bits per heavy atom. The van der Waals surface area contributed by atoms with Gasteiger partial charge in [-0.15, -0.1) is 0 Å². The number of aromatic nitrogens is 1. The molecule has 1 saturated carbocycles. The summed E-state index contributed by atoms with van der Waals surface area (Å²) in [6, 6.07) is 8.88. The number of hydrogen-bond donors (Lipinski definition) is 2. The van der Waals surface area contributed by atoms with Gasteiger partial charge in [0.05, 0.1) is 10.2 Å². The Balaban J connectivity index is 1.66. The number of nitrogens with zero attached hydrogens (tertiary/aromatic N) is 1. The van der Waals surface area contributed by atoms with E-state index in [1.165, 1.54) is 30.4 Å². The molecule has 1 heterocycles. The van der Waals surface area contributed by atoms with Crippen molar-refractivity contribution in [2.24, 2.45) is 11.7 Å². The maximum atomic E-state index is 5.72. The van der Waals surface area contributed by atoms with Crippen LogP contribution in [-0.2, 0) is 0 Å². The smallest absolute Gasteiger partial charge is 0.184 e. The second-order valence-electron chi connectivity index (χ2n) is 5.08. The van der Waals surface area contributed by atoms with E-state index in [2.05, 4.69) is 28.5 Å². The van der Waals surface area contributed by atoms with Crippen molar-refractivity contribution in [2.45, 2.75) is 31.7 Å². The molecule has 1 aliphatic carbocycles. The van der Waals surface area contributed by atoms with Gasteiger partial charge in [-0.1, -0.05) is 23.5 Å². The van der Waals surface area contributed by atoms with Crippen LogP contribution in [0.4, 0.5) is 5.13 Å². The van der Waals surface area contributed by atoms with E-state index in [0.29, 0.717) is 6.04 Å². The number of thiazole rings is 1. The monoisotopic (exact) mass is 261 g/mol. The zero-order valence-electron chi connectivity index (χ0n) is 10.4. The van der Waals surface area contributed by atoms with Crippen LogP contribution in [0.2, 0.25) is 0 Å². The number of hydrogen-bond acceptors (Lipinski definition) is 4. The average molecular weight is 261 g/mol. The lowest BCUT2D eigenvalue weighted by molar-refractivity contribution is 0.345. The normalized spacial score (nSPS) is 24.3. The maximum absolute atomic E-state index is 5.72. The number of benzene rings is 1. The highest BCUT2D eigenvalue weighted by molar-refractivity contribution is 7.22. The average Bonchev–Trinajstić information content (AvgIpc) is 2.82. The highest BCUT2D eigenvalue weighted by atomic mass is 32.1. The fourth-order valence-corrected chi connectivity index (χ4v) is 3.59. The predicted molar refractivity (Wildman–Crippen MR) is 78.0 cm³/mol. The van der Waals surface area contributed by atoms with E-state index in [0.717, 1.165) is 23.1 Å². The van der Waals surface area contributed by atoms with Crippen LogP contribution in [0.5, 0.6) is 0 Å². The molecular weight excluding hydrogens is 242 g/mol. The number of rotatable bonds is 3. The summed E-state index contributed by atoms with van der Waals surface area (Å²) >= 11 is 1.75. The Labute approximate surface area is 111 Å².